The van der Waals surface area contributed by atoms with Gasteiger partial charge in [-0.2, -0.15) is 0 Å². The molecule has 1 aromatic heterocycles. The fourth-order valence-corrected chi connectivity index (χ4v) is 3.13. The number of carbonyl (C=O) groups excluding carboxylic acids is 1. The number of sulfonamides is 1. The van der Waals surface area contributed by atoms with E-state index in [0.717, 1.165) is 0 Å². The molecule has 21 heavy (non-hydrogen) atoms. The lowest BCUT2D eigenvalue weighted by atomic mass is 10.2. The maximum atomic E-state index is 12.0. The Morgan fingerprint density at radius 1 is 1.52 bits per heavy atom. The van der Waals surface area contributed by atoms with Gasteiger partial charge in [0.05, 0.1) is 12.9 Å². The van der Waals surface area contributed by atoms with Crippen LogP contribution in [0.5, 0.6) is 0 Å². The van der Waals surface area contributed by atoms with Gasteiger partial charge in [-0.05, 0) is 12.8 Å². The van der Waals surface area contributed by atoms with Crippen LogP contribution in [-0.4, -0.2) is 59.0 Å². The molecular formula is C11H16N4O5S. The average Bonchev–Trinajstić information content (AvgIpc) is 3.04. The van der Waals surface area contributed by atoms with Crippen LogP contribution >= 0.6 is 0 Å². The highest BCUT2D eigenvalue weighted by Crippen LogP contribution is 2.17. The van der Waals surface area contributed by atoms with E-state index in [2.05, 4.69) is 9.71 Å². The number of aromatic nitrogens is 2. The van der Waals surface area contributed by atoms with Crippen molar-refractivity contribution >= 4 is 21.9 Å². The molecule has 1 saturated heterocycles. The number of hydrogen-bond donors (Lipinski definition) is 2. The molecule has 0 unspecified atom stereocenters. The van der Waals surface area contributed by atoms with E-state index >= 15 is 0 Å². The molecule has 1 aliphatic rings. The van der Waals surface area contributed by atoms with E-state index in [4.69, 9.17) is 5.11 Å². The summed E-state index contributed by atoms with van der Waals surface area (Å²) in [6.07, 6.45) is 3.61. The van der Waals surface area contributed by atoms with E-state index in [1.165, 1.54) is 22.0 Å². The third-order valence-electron chi connectivity index (χ3n) is 3.23. The molecule has 116 valence electrons. The first-order valence-electron chi connectivity index (χ1n) is 6.31. The largest absolute Gasteiger partial charge is 0.480 e. The summed E-state index contributed by atoms with van der Waals surface area (Å²) in [6.45, 7) is -0.163. The van der Waals surface area contributed by atoms with Crippen LogP contribution in [0, 0.1) is 0 Å². The van der Waals surface area contributed by atoms with Crippen molar-refractivity contribution in [2.24, 2.45) is 7.05 Å². The summed E-state index contributed by atoms with van der Waals surface area (Å²) >= 11 is 0. The fourth-order valence-electron chi connectivity index (χ4n) is 2.18. The van der Waals surface area contributed by atoms with Gasteiger partial charge in [0.2, 0.25) is 5.91 Å². The summed E-state index contributed by atoms with van der Waals surface area (Å²) in [5, 5.41) is 8.81. The Balaban J connectivity index is 1.99. The van der Waals surface area contributed by atoms with Gasteiger partial charge in [-0.3, -0.25) is 4.79 Å². The molecule has 1 amide bonds. The molecule has 2 heterocycles. The Kier molecular flexibility index (Phi) is 4.28. The molecule has 2 rings (SSSR count). The minimum absolute atomic E-state index is 0.186. The maximum Gasteiger partial charge on any atom is 0.326 e. The van der Waals surface area contributed by atoms with Crippen molar-refractivity contribution in [1.82, 2.24) is 19.2 Å². The molecule has 1 aliphatic heterocycles. The van der Waals surface area contributed by atoms with Crippen LogP contribution in [0.15, 0.2) is 17.6 Å². The SMILES string of the molecule is Cn1cnc(S(=O)(=O)NCC(=O)N2CCC[C@H]2C(=O)O)c1. The molecule has 1 fully saturated rings. The van der Waals surface area contributed by atoms with Gasteiger partial charge in [0.1, 0.15) is 6.04 Å². The van der Waals surface area contributed by atoms with Crippen LogP contribution in [0.25, 0.3) is 0 Å². The molecule has 0 aromatic carbocycles. The molecule has 2 N–H and O–H groups in total. The summed E-state index contributed by atoms with van der Waals surface area (Å²) in [5.74, 6) is -1.63. The van der Waals surface area contributed by atoms with Crippen LogP contribution in [0.2, 0.25) is 0 Å². The number of carboxylic acid groups (broad SMARTS) is 1. The van der Waals surface area contributed by atoms with E-state index in [0.29, 0.717) is 19.4 Å². The topological polar surface area (TPSA) is 122 Å². The van der Waals surface area contributed by atoms with Gasteiger partial charge in [-0.15, -0.1) is 0 Å². The van der Waals surface area contributed by atoms with Crippen LogP contribution < -0.4 is 4.72 Å². The van der Waals surface area contributed by atoms with Crippen LogP contribution in [0.1, 0.15) is 12.8 Å². The summed E-state index contributed by atoms with van der Waals surface area (Å²) in [4.78, 5) is 27.8. The quantitative estimate of drug-likeness (QED) is 0.702. The lowest BCUT2D eigenvalue weighted by Crippen LogP contribution is -2.45. The molecule has 0 spiro atoms. The molecule has 9 nitrogen and oxygen atoms in total. The van der Waals surface area contributed by atoms with Crippen molar-refractivity contribution in [2.45, 2.75) is 23.9 Å². The number of carbonyl (C=O) groups is 2. The lowest BCUT2D eigenvalue weighted by molar-refractivity contribution is -0.147. The zero-order valence-electron chi connectivity index (χ0n) is 11.4. The number of rotatable bonds is 5. The summed E-state index contributed by atoms with van der Waals surface area (Å²) in [6, 6.07) is -0.878. The van der Waals surface area contributed by atoms with Gasteiger partial charge in [-0.25, -0.2) is 22.9 Å². The molecule has 0 bridgehead atoms. The monoisotopic (exact) mass is 316 g/mol. The smallest absolute Gasteiger partial charge is 0.326 e. The van der Waals surface area contributed by atoms with Gasteiger partial charge in [-0.1, -0.05) is 0 Å². The second kappa shape index (κ2) is 5.82. The molecular weight excluding hydrogens is 300 g/mol. The lowest BCUT2D eigenvalue weighted by Gasteiger charge is -2.21. The van der Waals surface area contributed by atoms with E-state index < -0.39 is 34.5 Å². The fraction of sp³-hybridized carbons (Fsp3) is 0.545. The first-order chi connectivity index (χ1) is 9.81. The number of carboxylic acids is 1. The van der Waals surface area contributed by atoms with Gasteiger partial charge in [0.25, 0.3) is 10.0 Å². The Morgan fingerprint density at radius 2 is 2.24 bits per heavy atom. The number of nitrogens with one attached hydrogen (secondary N) is 1. The van der Waals surface area contributed by atoms with Crippen LogP contribution in [0.3, 0.4) is 0 Å². The highest BCUT2D eigenvalue weighted by Gasteiger charge is 2.34. The minimum Gasteiger partial charge on any atom is -0.480 e. The number of nitrogens with zero attached hydrogens (tertiary/aromatic N) is 3. The van der Waals surface area contributed by atoms with Crippen molar-refractivity contribution in [3.8, 4) is 0 Å². The van der Waals surface area contributed by atoms with Crippen molar-refractivity contribution in [3.63, 3.8) is 0 Å². The molecule has 0 saturated carbocycles. The number of hydrogen-bond acceptors (Lipinski definition) is 5. The van der Waals surface area contributed by atoms with Gasteiger partial charge >= 0.3 is 5.97 Å². The number of imidazole rings is 1. The van der Waals surface area contributed by atoms with E-state index in [1.54, 1.807) is 7.05 Å². The third kappa shape index (κ3) is 3.39. The molecule has 0 radical (unpaired) electrons. The summed E-state index contributed by atoms with van der Waals surface area (Å²) in [5.41, 5.74) is 0. The standard InChI is InChI=1S/C11H16N4O5S/c1-14-6-9(12-7-14)21(19,20)13-5-10(16)15-4-2-3-8(15)11(17)18/h6-8,13H,2-5H2,1H3,(H,17,18)/t8-/m0/s1. The minimum atomic E-state index is -3.88. The summed E-state index contributed by atoms with van der Waals surface area (Å²) in [7, 11) is -2.25. The van der Waals surface area contributed by atoms with Crippen molar-refractivity contribution < 1.29 is 23.1 Å². The Hall–Kier alpha value is -1.94. The number of aliphatic carboxylic acids is 1. The highest BCUT2D eigenvalue weighted by atomic mass is 32.2. The third-order valence-corrected chi connectivity index (χ3v) is 4.51. The molecule has 0 aliphatic carbocycles. The van der Waals surface area contributed by atoms with Gasteiger partial charge < -0.3 is 14.6 Å². The predicted octanol–water partition coefficient (Wildman–Crippen LogP) is -1.23. The zero-order valence-corrected chi connectivity index (χ0v) is 12.2. The number of amides is 1. The zero-order chi connectivity index (χ0) is 15.6. The highest BCUT2D eigenvalue weighted by molar-refractivity contribution is 7.89. The van der Waals surface area contributed by atoms with Crippen molar-refractivity contribution in [1.29, 1.82) is 0 Å². The Bertz CT molecular complexity index is 653. The Morgan fingerprint density at radius 3 is 2.81 bits per heavy atom. The average molecular weight is 316 g/mol. The van der Waals surface area contributed by atoms with Crippen LogP contribution in [0.4, 0.5) is 0 Å². The van der Waals surface area contributed by atoms with Crippen molar-refractivity contribution in [2.75, 3.05) is 13.1 Å². The van der Waals surface area contributed by atoms with Crippen LogP contribution in [-0.2, 0) is 26.7 Å². The van der Waals surface area contributed by atoms with Gasteiger partial charge in [0, 0.05) is 19.8 Å². The number of likely N-dealkylation sites (tertiary alicyclic amines) is 1. The number of aryl methyl sites for hydroxylation is 1. The second-order valence-electron chi connectivity index (χ2n) is 4.79. The normalized spacial score (nSPS) is 18.9. The Labute approximate surface area is 121 Å². The molecule has 10 heteroatoms. The van der Waals surface area contributed by atoms with E-state index in [1.807, 2.05) is 0 Å². The van der Waals surface area contributed by atoms with Crippen molar-refractivity contribution in [3.05, 3.63) is 12.5 Å². The predicted molar refractivity (Wildman–Crippen MR) is 70.8 cm³/mol. The maximum absolute atomic E-state index is 12.0. The molecule has 1 aromatic rings. The second-order valence-corrected chi connectivity index (χ2v) is 6.50. The first kappa shape index (κ1) is 15.4. The summed E-state index contributed by atoms with van der Waals surface area (Å²) < 4.78 is 27.4. The molecule has 1 atom stereocenters. The van der Waals surface area contributed by atoms with Gasteiger partial charge in [0.15, 0.2) is 5.03 Å². The first-order valence-corrected chi connectivity index (χ1v) is 7.79. The van der Waals surface area contributed by atoms with E-state index in [9.17, 15) is 18.0 Å². The van der Waals surface area contributed by atoms with E-state index in [-0.39, 0.29) is 5.03 Å².